The predicted octanol–water partition coefficient (Wildman–Crippen LogP) is 1.77. The molecule has 1 aromatic carbocycles. The number of hydrogen-bond acceptors (Lipinski definition) is 7. The Labute approximate surface area is 111 Å². The first-order valence-electron chi connectivity index (χ1n) is 5.16. The van der Waals surface area contributed by atoms with Crippen molar-refractivity contribution in [3.63, 3.8) is 0 Å². The molecule has 9 heteroatoms. The second-order valence-corrected chi connectivity index (χ2v) is 3.51. The maximum Gasteiger partial charge on any atom is 0.329 e. The van der Waals surface area contributed by atoms with E-state index in [1.54, 1.807) is 6.07 Å². The summed E-state index contributed by atoms with van der Waals surface area (Å²) in [6.07, 6.45) is 0.864. The van der Waals surface area contributed by atoms with Crippen molar-refractivity contribution in [2.75, 3.05) is 5.73 Å². The molecule has 0 bridgehead atoms. The zero-order valence-corrected chi connectivity index (χ0v) is 9.78. The smallest absolute Gasteiger partial charge is 0.329 e. The third-order valence-electron chi connectivity index (χ3n) is 2.26. The number of nitrogens with two attached hydrogens (primary N) is 1. The number of nitrogens with zero attached hydrogens (tertiary/aromatic N) is 4. The van der Waals surface area contributed by atoms with Crippen LogP contribution in [0.25, 0.3) is 0 Å². The molecule has 1 heterocycles. The summed E-state index contributed by atoms with van der Waals surface area (Å²) >= 11 is 0. The fourth-order valence-electron chi connectivity index (χ4n) is 1.36. The number of ether oxygens (including phenoxy) is 1. The van der Waals surface area contributed by atoms with Gasteiger partial charge in [0.2, 0.25) is 5.82 Å². The van der Waals surface area contributed by atoms with Crippen molar-refractivity contribution in [1.82, 2.24) is 9.97 Å². The molecule has 2 N–H and O–H groups in total. The van der Waals surface area contributed by atoms with Crippen LogP contribution < -0.4 is 10.5 Å². The molecule has 2 rings (SSSR count). The van der Waals surface area contributed by atoms with Gasteiger partial charge in [0.15, 0.2) is 5.75 Å². The quantitative estimate of drug-likeness (QED) is 0.667. The number of nitriles is 1. The lowest BCUT2D eigenvalue weighted by atomic mass is 10.2. The maximum atomic E-state index is 13.3. The highest BCUT2D eigenvalue weighted by Gasteiger charge is 2.16. The van der Waals surface area contributed by atoms with Gasteiger partial charge in [0.05, 0.1) is 4.92 Å². The van der Waals surface area contributed by atoms with Crippen LogP contribution in [-0.2, 0) is 0 Å². The molecule has 2 aromatic rings. The summed E-state index contributed by atoms with van der Waals surface area (Å²) in [4.78, 5) is 16.9. The Morgan fingerprint density at radius 3 is 2.85 bits per heavy atom. The van der Waals surface area contributed by atoms with E-state index in [0.717, 1.165) is 12.3 Å². The second kappa shape index (κ2) is 5.15. The standard InChI is InChI=1S/C11H6FN5O3/c12-7-2-1-3-9(6(7)4-13)20-11-15-5-8(17(18)19)10(14)16-11/h1-3,5H,(H2,14,15,16). The third-order valence-corrected chi connectivity index (χ3v) is 2.26. The van der Waals surface area contributed by atoms with Crippen LogP contribution in [0.1, 0.15) is 5.56 Å². The van der Waals surface area contributed by atoms with Crippen LogP contribution in [-0.4, -0.2) is 14.9 Å². The van der Waals surface area contributed by atoms with Crippen LogP contribution in [0.3, 0.4) is 0 Å². The SMILES string of the molecule is N#Cc1c(F)cccc1Oc1ncc([N+](=O)[O-])c(N)n1. The first-order valence-corrected chi connectivity index (χ1v) is 5.16. The van der Waals surface area contributed by atoms with Crippen molar-refractivity contribution in [1.29, 1.82) is 5.26 Å². The summed E-state index contributed by atoms with van der Waals surface area (Å²) in [6, 6.07) is 5.07. The molecule has 0 fully saturated rings. The summed E-state index contributed by atoms with van der Waals surface area (Å²) in [6.45, 7) is 0. The zero-order valence-electron chi connectivity index (χ0n) is 9.78. The average Bonchev–Trinajstić information content (AvgIpc) is 2.38. The van der Waals surface area contributed by atoms with E-state index in [1.165, 1.54) is 12.1 Å². The molecule has 0 aliphatic rings. The Balaban J connectivity index is 2.37. The average molecular weight is 275 g/mol. The molecule has 0 aliphatic heterocycles. The highest BCUT2D eigenvalue weighted by atomic mass is 19.1. The van der Waals surface area contributed by atoms with Crippen LogP contribution >= 0.6 is 0 Å². The van der Waals surface area contributed by atoms with Gasteiger partial charge in [-0.3, -0.25) is 10.1 Å². The largest absolute Gasteiger partial charge is 0.423 e. The lowest BCUT2D eigenvalue weighted by Gasteiger charge is -2.06. The molecule has 0 aliphatic carbocycles. The fourth-order valence-corrected chi connectivity index (χ4v) is 1.36. The molecule has 20 heavy (non-hydrogen) atoms. The van der Waals surface area contributed by atoms with Crippen LogP contribution in [0, 0.1) is 27.3 Å². The minimum absolute atomic E-state index is 0.110. The van der Waals surface area contributed by atoms with Gasteiger partial charge in [-0.15, -0.1) is 0 Å². The van der Waals surface area contributed by atoms with Crippen LogP contribution in [0.2, 0.25) is 0 Å². The van der Waals surface area contributed by atoms with Crippen molar-refractivity contribution in [3.05, 3.63) is 45.9 Å². The van der Waals surface area contributed by atoms with Gasteiger partial charge in [0, 0.05) is 0 Å². The Morgan fingerprint density at radius 1 is 1.50 bits per heavy atom. The molecule has 0 radical (unpaired) electrons. The van der Waals surface area contributed by atoms with Gasteiger partial charge in [-0.2, -0.15) is 15.2 Å². The number of rotatable bonds is 3. The minimum atomic E-state index is -0.764. The third kappa shape index (κ3) is 2.44. The molecular weight excluding hydrogens is 269 g/mol. The monoisotopic (exact) mass is 275 g/mol. The number of aromatic nitrogens is 2. The van der Waals surface area contributed by atoms with Gasteiger partial charge in [-0.05, 0) is 12.1 Å². The van der Waals surface area contributed by atoms with Crippen molar-refractivity contribution < 1.29 is 14.1 Å². The molecular formula is C11H6FN5O3. The molecule has 0 unspecified atom stereocenters. The van der Waals surface area contributed by atoms with Gasteiger partial charge >= 0.3 is 11.7 Å². The predicted molar refractivity (Wildman–Crippen MR) is 64.3 cm³/mol. The summed E-state index contributed by atoms with van der Waals surface area (Å²) < 4.78 is 18.5. The summed E-state index contributed by atoms with van der Waals surface area (Å²) in [7, 11) is 0. The van der Waals surface area contributed by atoms with E-state index in [0.29, 0.717) is 0 Å². The molecule has 0 atom stereocenters. The number of benzene rings is 1. The number of nitro groups is 1. The number of anilines is 1. The zero-order chi connectivity index (χ0) is 14.7. The highest BCUT2D eigenvalue weighted by Crippen LogP contribution is 2.26. The fraction of sp³-hybridized carbons (Fsp3) is 0. The topological polar surface area (TPSA) is 128 Å². The van der Waals surface area contributed by atoms with Crippen molar-refractivity contribution >= 4 is 11.5 Å². The van der Waals surface area contributed by atoms with Crippen molar-refractivity contribution in [3.8, 4) is 17.8 Å². The molecule has 0 spiro atoms. The van der Waals surface area contributed by atoms with E-state index in [4.69, 9.17) is 15.7 Å². The highest BCUT2D eigenvalue weighted by molar-refractivity contribution is 5.51. The Hall–Kier alpha value is -3.28. The molecule has 1 aromatic heterocycles. The molecule has 100 valence electrons. The van der Waals surface area contributed by atoms with Crippen molar-refractivity contribution in [2.45, 2.75) is 0 Å². The number of halogens is 1. The minimum Gasteiger partial charge on any atom is -0.423 e. The Kier molecular flexibility index (Phi) is 3.39. The lowest BCUT2D eigenvalue weighted by Crippen LogP contribution is -2.02. The van der Waals surface area contributed by atoms with E-state index in [-0.39, 0.29) is 17.3 Å². The molecule has 0 saturated heterocycles. The van der Waals surface area contributed by atoms with E-state index >= 15 is 0 Å². The van der Waals surface area contributed by atoms with Gasteiger partial charge < -0.3 is 10.5 Å². The van der Waals surface area contributed by atoms with E-state index in [2.05, 4.69) is 9.97 Å². The van der Waals surface area contributed by atoms with Gasteiger partial charge in [0.25, 0.3) is 0 Å². The normalized spacial score (nSPS) is 9.80. The Morgan fingerprint density at radius 2 is 2.25 bits per heavy atom. The summed E-state index contributed by atoms with van der Waals surface area (Å²) in [5.41, 5.74) is 4.56. The summed E-state index contributed by atoms with van der Waals surface area (Å²) in [5, 5.41) is 19.4. The number of nitrogen functional groups attached to an aromatic ring is 1. The van der Waals surface area contributed by atoms with Gasteiger partial charge in [-0.25, -0.2) is 4.39 Å². The summed E-state index contributed by atoms with van der Waals surface area (Å²) in [5.74, 6) is -1.27. The maximum absolute atomic E-state index is 13.3. The molecule has 0 saturated carbocycles. The first-order chi connectivity index (χ1) is 9.52. The van der Waals surface area contributed by atoms with Gasteiger partial charge in [0.1, 0.15) is 23.6 Å². The second-order valence-electron chi connectivity index (χ2n) is 3.51. The lowest BCUT2D eigenvalue weighted by molar-refractivity contribution is -0.384. The van der Waals surface area contributed by atoms with E-state index < -0.39 is 22.2 Å². The Bertz CT molecular complexity index is 728. The first kappa shape index (κ1) is 13.2. The van der Waals surface area contributed by atoms with E-state index in [9.17, 15) is 14.5 Å². The molecule has 8 nitrogen and oxygen atoms in total. The van der Waals surface area contributed by atoms with Crippen molar-refractivity contribution in [2.24, 2.45) is 0 Å². The van der Waals surface area contributed by atoms with Crippen LogP contribution in [0.5, 0.6) is 11.8 Å². The molecule has 0 amide bonds. The van der Waals surface area contributed by atoms with Crippen LogP contribution in [0.4, 0.5) is 15.9 Å². The van der Waals surface area contributed by atoms with Gasteiger partial charge in [-0.1, -0.05) is 6.07 Å². The van der Waals surface area contributed by atoms with Crippen LogP contribution in [0.15, 0.2) is 24.4 Å². The van der Waals surface area contributed by atoms with E-state index in [1.807, 2.05) is 0 Å². The number of hydrogen-bond donors (Lipinski definition) is 1.